The molecule has 1 rings (SSSR count). The Balaban J connectivity index is 2.28. The lowest BCUT2D eigenvalue weighted by molar-refractivity contribution is 0.781. The van der Waals surface area contributed by atoms with Crippen LogP contribution in [0.25, 0.3) is 0 Å². The summed E-state index contributed by atoms with van der Waals surface area (Å²) in [5, 5.41) is 6.45. The highest BCUT2D eigenvalue weighted by Crippen LogP contribution is 2.14. The molecule has 1 aromatic rings. The lowest BCUT2D eigenvalue weighted by atomic mass is 10.4. The molecule has 3 N–H and O–H groups in total. The van der Waals surface area contributed by atoms with Gasteiger partial charge in [0, 0.05) is 12.6 Å². The molecule has 0 aliphatic rings. The monoisotopic (exact) mass is 156 g/mol. The highest BCUT2D eigenvalue weighted by molar-refractivity contribution is 7.14. The Hall–Kier alpha value is -0.540. The molecular weight excluding hydrogens is 144 g/mol. The SMILES string of the molecule is CC(N)CNc1cccs1. The Labute approximate surface area is 65.1 Å². The van der Waals surface area contributed by atoms with E-state index in [1.807, 2.05) is 24.4 Å². The van der Waals surface area contributed by atoms with Crippen molar-refractivity contribution in [2.75, 3.05) is 11.9 Å². The summed E-state index contributed by atoms with van der Waals surface area (Å²) in [6, 6.07) is 4.29. The van der Waals surface area contributed by atoms with E-state index in [0.29, 0.717) is 0 Å². The van der Waals surface area contributed by atoms with Gasteiger partial charge < -0.3 is 11.1 Å². The highest BCUT2D eigenvalue weighted by atomic mass is 32.1. The first kappa shape index (κ1) is 7.57. The van der Waals surface area contributed by atoms with Gasteiger partial charge in [-0.05, 0) is 24.4 Å². The van der Waals surface area contributed by atoms with E-state index in [4.69, 9.17) is 5.73 Å². The number of hydrogen-bond donors (Lipinski definition) is 2. The summed E-state index contributed by atoms with van der Waals surface area (Å²) in [6.45, 7) is 2.83. The Morgan fingerprint density at radius 1 is 1.80 bits per heavy atom. The minimum atomic E-state index is 0.224. The molecule has 3 heteroatoms. The summed E-state index contributed by atoms with van der Waals surface area (Å²) in [7, 11) is 0. The fourth-order valence-corrected chi connectivity index (χ4v) is 1.27. The van der Waals surface area contributed by atoms with Gasteiger partial charge >= 0.3 is 0 Å². The van der Waals surface area contributed by atoms with Crippen LogP contribution in [0.5, 0.6) is 0 Å². The summed E-state index contributed by atoms with van der Waals surface area (Å²) in [4.78, 5) is 0. The second-order valence-electron chi connectivity index (χ2n) is 2.34. The van der Waals surface area contributed by atoms with Crippen LogP contribution in [0, 0.1) is 0 Å². The molecule has 1 heterocycles. The summed E-state index contributed by atoms with van der Waals surface area (Å²) >= 11 is 1.70. The van der Waals surface area contributed by atoms with Crippen LogP contribution in [0.15, 0.2) is 17.5 Å². The maximum Gasteiger partial charge on any atom is 0.0882 e. The first-order chi connectivity index (χ1) is 4.79. The van der Waals surface area contributed by atoms with E-state index in [1.165, 1.54) is 5.00 Å². The van der Waals surface area contributed by atoms with Crippen molar-refractivity contribution in [3.63, 3.8) is 0 Å². The number of thiophene rings is 1. The van der Waals surface area contributed by atoms with Crippen LogP contribution in [-0.2, 0) is 0 Å². The minimum Gasteiger partial charge on any atom is -0.375 e. The van der Waals surface area contributed by atoms with Gasteiger partial charge in [0.25, 0.3) is 0 Å². The third kappa shape index (κ3) is 2.37. The molecule has 0 spiro atoms. The second kappa shape index (κ2) is 3.58. The molecule has 10 heavy (non-hydrogen) atoms. The van der Waals surface area contributed by atoms with Gasteiger partial charge in [-0.15, -0.1) is 11.3 Å². The molecule has 1 atom stereocenters. The maximum absolute atomic E-state index is 5.55. The van der Waals surface area contributed by atoms with Gasteiger partial charge in [0.15, 0.2) is 0 Å². The van der Waals surface area contributed by atoms with Gasteiger partial charge in [-0.3, -0.25) is 0 Å². The summed E-state index contributed by atoms with van der Waals surface area (Å²) in [5.74, 6) is 0. The molecule has 0 radical (unpaired) electrons. The summed E-state index contributed by atoms with van der Waals surface area (Å²) in [5.41, 5.74) is 5.55. The Morgan fingerprint density at radius 2 is 2.60 bits per heavy atom. The second-order valence-corrected chi connectivity index (χ2v) is 3.28. The predicted octanol–water partition coefficient (Wildman–Crippen LogP) is 1.51. The molecule has 0 aliphatic carbocycles. The van der Waals surface area contributed by atoms with E-state index in [0.717, 1.165) is 6.54 Å². The highest BCUT2D eigenvalue weighted by Gasteiger charge is 1.93. The van der Waals surface area contributed by atoms with Crippen molar-refractivity contribution < 1.29 is 0 Å². The van der Waals surface area contributed by atoms with Crippen LogP contribution in [0.2, 0.25) is 0 Å². The van der Waals surface area contributed by atoms with Crippen LogP contribution < -0.4 is 11.1 Å². The zero-order valence-corrected chi connectivity index (χ0v) is 6.82. The van der Waals surface area contributed by atoms with Gasteiger partial charge in [0.05, 0.1) is 5.00 Å². The molecular formula is C7H12N2S. The molecule has 0 fully saturated rings. The largest absolute Gasteiger partial charge is 0.375 e. The lowest BCUT2D eigenvalue weighted by Crippen LogP contribution is -2.24. The smallest absolute Gasteiger partial charge is 0.0882 e. The molecule has 56 valence electrons. The van der Waals surface area contributed by atoms with Crippen molar-refractivity contribution in [1.29, 1.82) is 0 Å². The molecule has 0 bridgehead atoms. The predicted molar refractivity (Wildman–Crippen MR) is 46.5 cm³/mol. The summed E-state index contributed by atoms with van der Waals surface area (Å²) < 4.78 is 0. The molecule has 0 saturated heterocycles. The standard InChI is InChI=1S/C7H12N2S/c1-6(8)5-9-7-3-2-4-10-7/h2-4,6,9H,5,8H2,1H3. The van der Waals surface area contributed by atoms with E-state index in [2.05, 4.69) is 5.32 Å². The maximum atomic E-state index is 5.55. The van der Waals surface area contributed by atoms with Crippen molar-refractivity contribution in [2.24, 2.45) is 5.73 Å². The summed E-state index contributed by atoms with van der Waals surface area (Å²) in [6.07, 6.45) is 0. The normalized spacial score (nSPS) is 13.0. The fourth-order valence-electron chi connectivity index (χ4n) is 0.641. The lowest BCUT2D eigenvalue weighted by Gasteiger charge is -2.05. The van der Waals surface area contributed by atoms with Crippen molar-refractivity contribution in [2.45, 2.75) is 13.0 Å². The zero-order chi connectivity index (χ0) is 7.40. The topological polar surface area (TPSA) is 38.0 Å². The molecule has 2 nitrogen and oxygen atoms in total. The average molecular weight is 156 g/mol. The zero-order valence-electron chi connectivity index (χ0n) is 6.00. The van der Waals surface area contributed by atoms with Crippen molar-refractivity contribution in [3.05, 3.63) is 17.5 Å². The molecule has 0 aromatic carbocycles. The van der Waals surface area contributed by atoms with Gasteiger partial charge in [-0.25, -0.2) is 0 Å². The third-order valence-corrected chi connectivity index (χ3v) is 1.95. The number of nitrogens with one attached hydrogen (secondary N) is 1. The van der Waals surface area contributed by atoms with Crippen molar-refractivity contribution >= 4 is 16.3 Å². The van der Waals surface area contributed by atoms with E-state index in [9.17, 15) is 0 Å². The van der Waals surface area contributed by atoms with E-state index in [-0.39, 0.29) is 6.04 Å². The van der Waals surface area contributed by atoms with E-state index in [1.54, 1.807) is 11.3 Å². The minimum absolute atomic E-state index is 0.224. The van der Waals surface area contributed by atoms with Gasteiger partial charge in [0.2, 0.25) is 0 Å². The quantitative estimate of drug-likeness (QED) is 0.696. The number of nitrogens with two attached hydrogens (primary N) is 1. The van der Waals surface area contributed by atoms with Gasteiger partial charge in [-0.1, -0.05) is 0 Å². The Bertz CT molecular complexity index is 170. The van der Waals surface area contributed by atoms with Crippen LogP contribution in [0.1, 0.15) is 6.92 Å². The first-order valence-corrected chi connectivity index (χ1v) is 4.20. The molecule has 1 aromatic heterocycles. The Kier molecular flexibility index (Phi) is 2.71. The van der Waals surface area contributed by atoms with Crippen molar-refractivity contribution in [1.82, 2.24) is 0 Å². The van der Waals surface area contributed by atoms with E-state index >= 15 is 0 Å². The van der Waals surface area contributed by atoms with Crippen molar-refractivity contribution in [3.8, 4) is 0 Å². The molecule has 0 saturated carbocycles. The first-order valence-electron chi connectivity index (χ1n) is 3.32. The van der Waals surface area contributed by atoms with Gasteiger partial charge in [-0.2, -0.15) is 0 Å². The van der Waals surface area contributed by atoms with Crippen LogP contribution in [0.3, 0.4) is 0 Å². The van der Waals surface area contributed by atoms with Crippen LogP contribution >= 0.6 is 11.3 Å². The molecule has 1 unspecified atom stereocenters. The Morgan fingerprint density at radius 3 is 3.10 bits per heavy atom. The molecule has 0 aliphatic heterocycles. The van der Waals surface area contributed by atoms with Gasteiger partial charge in [0.1, 0.15) is 0 Å². The van der Waals surface area contributed by atoms with Crippen LogP contribution in [0.4, 0.5) is 5.00 Å². The number of anilines is 1. The van der Waals surface area contributed by atoms with E-state index < -0.39 is 0 Å². The fraction of sp³-hybridized carbons (Fsp3) is 0.429. The third-order valence-electron chi connectivity index (χ3n) is 1.12. The average Bonchev–Trinajstić information content (AvgIpc) is 2.34. The van der Waals surface area contributed by atoms with Crippen LogP contribution in [-0.4, -0.2) is 12.6 Å². The molecule has 0 amide bonds. The number of rotatable bonds is 3. The number of hydrogen-bond acceptors (Lipinski definition) is 3.